The largest absolute Gasteiger partial charge is 0.499 e. The Morgan fingerprint density at radius 2 is 1.30 bits per heavy atom. The minimum atomic E-state index is -1.44. The fraction of sp³-hybridized carbons (Fsp3) is 0.288. The van der Waals surface area contributed by atoms with Gasteiger partial charge in [-0.25, -0.2) is 0 Å². The van der Waals surface area contributed by atoms with E-state index < -0.39 is 47.6 Å². The van der Waals surface area contributed by atoms with E-state index in [2.05, 4.69) is 89.1 Å². The van der Waals surface area contributed by atoms with Crippen LogP contribution in [-0.4, -0.2) is 4.57 Å². The third-order valence-corrected chi connectivity index (χ3v) is 13.4. The zero-order chi connectivity index (χ0) is 51.9. The molecule has 8 aromatic rings. The lowest BCUT2D eigenvalue weighted by atomic mass is 9.80. The zero-order valence-electron chi connectivity index (χ0n) is 47.1. The molecule has 0 radical (unpaired) electrons. The van der Waals surface area contributed by atoms with Crippen LogP contribution < -0.4 is 13.9 Å². The Bertz CT molecular complexity index is 3630. The number of aromatic nitrogens is 3. The number of ether oxygens (including phenoxy) is 1. The van der Waals surface area contributed by atoms with Crippen molar-refractivity contribution in [2.75, 3.05) is 0 Å². The van der Waals surface area contributed by atoms with Crippen molar-refractivity contribution >= 4 is 11.0 Å². The summed E-state index contributed by atoms with van der Waals surface area (Å²) in [5.74, 6) is -4.28. The maximum absolute atomic E-state index is 9.75. The summed E-state index contributed by atoms with van der Waals surface area (Å²) in [6, 6.07) is 31.0. The van der Waals surface area contributed by atoms with Gasteiger partial charge in [0.2, 0.25) is 5.69 Å². The summed E-state index contributed by atoms with van der Waals surface area (Å²) in [4.78, 5) is 0. The number of nitrogens with zero attached hydrogens (tertiary/aromatic N) is 3. The van der Waals surface area contributed by atoms with Crippen molar-refractivity contribution in [3.05, 3.63) is 167 Å². The number of hydrogen-bond donors (Lipinski definition) is 0. The van der Waals surface area contributed by atoms with Gasteiger partial charge in [-0.05, 0) is 122 Å². The standard InChI is InChI=1S/C59H59N3O/c1-34(2)41-29-47(37(7)8)56-50(30-41)57-61(43-25-23-39(24-26-43)53-44(35(3)4)19-15-20-45(53)36(5)6)51-22-16-21-46-48-32-42(58(9,10)11)33-49-52-31-40(38-17-13-12-14-18-38)27-28-60(52)59(63-56,54(48)49)62(57)55(46)51/h12-37H,1-11H3/q+2/i12D,13D,14D,17D,18D,34D,35D,36D,37D. The number of pyridine rings is 1. The second kappa shape index (κ2) is 13.9. The highest BCUT2D eigenvalue weighted by molar-refractivity contribution is 5.98. The summed E-state index contributed by atoms with van der Waals surface area (Å²) in [5.41, 5.74) is 13.9. The SMILES string of the molecule is [2H]c1c([2H])c([2H])c(-c2cc[n+]3c(c2)-c2cc(C(C)(C)C)cc4c2C32Oc3c(cc(C([2H])(C)C)cc3C([2H])(C)C)-c3n(-c5ccc(-c6c(C([2H])(C)C)cccc6C([2H])(C)C)cc5)c5cccc-4c5[n+]32)c([2H])c1[2H]. The minimum Gasteiger partial charge on any atom is -0.392 e. The van der Waals surface area contributed by atoms with Crippen LogP contribution in [0.3, 0.4) is 0 Å². The van der Waals surface area contributed by atoms with Crippen molar-refractivity contribution < 1.29 is 26.2 Å². The number of imidazole rings is 1. The molecule has 63 heavy (non-hydrogen) atoms. The van der Waals surface area contributed by atoms with Crippen molar-refractivity contribution in [3.63, 3.8) is 0 Å². The molecule has 0 saturated carbocycles. The Kier molecular flexibility index (Phi) is 6.77. The fourth-order valence-electron chi connectivity index (χ4n) is 10.3. The third-order valence-electron chi connectivity index (χ3n) is 13.4. The van der Waals surface area contributed by atoms with Gasteiger partial charge in [-0.15, -0.1) is 9.13 Å². The van der Waals surface area contributed by atoms with Crippen molar-refractivity contribution in [2.24, 2.45) is 0 Å². The molecule has 11 rings (SSSR count). The topological polar surface area (TPSA) is 21.9 Å². The molecule has 0 aliphatic carbocycles. The molecule has 4 heteroatoms. The molecule has 5 heterocycles. The first-order chi connectivity index (χ1) is 33.5. The van der Waals surface area contributed by atoms with E-state index in [1.807, 2.05) is 98.0 Å². The van der Waals surface area contributed by atoms with E-state index in [1.54, 1.807) is 6.07 Å². The summed E-state index contributed by atoms with van der Waals surface area (Å²) in [7, 11) is 0. The van der Waals surface area contributed by atoms with Gasteiger partial charge in [0.05, 0.1) is 12.4 Å². The highest BCUT2D eigenvalue weighted by atomic mass is 16.5. The van der Waals surface area contributed by atoms with E-state index in [1.165, 1.54) is 0 Å². The van der Waals surface area contributed by atoms with Gasteiger partial charge in [0.25, 0.3) is 0 Å². The first-order valence-corrected chi connectivity index (χ1v) is 22.0. The molecule has 0 bridgehead atoms. The van der Waals surface area contributed by atoms with Crippen molar-refractivity contribution in [3.8, 4) is 67.5 Å². The van der Waals surface area contributed by atoms with E-state index in [-0.39, 0.29) is 23.1 Å². The highest BCUT2D eigenvalue weighted by Crippen LogP contribution is 2.56. The normalized spacial score (nSPS) is 18.4. The minimum absolute atomic E-state index is 0.105. The lowest BCUT2D eigenvalue weighted by molar-refractivity contribution is -0.997. The molecule has 314 valence electrons. The van der Waals surface area contributed by atoms with Crippen LogP contribution in [0.1, 0.15) is 145 Å². The van der Waals surface area contributed by atoms with Crippen LogP contribution >= 0.6 is 0 Å². The summed E-state index contributed by atoms with van der Waals surface area (Å²) in [6.07, 6.45) is 1.91. The second-order valence-electron chi connectivity index (χ2n) is 19.4. The molecule has 0 saturated heterocycles. The molecule has 1 atom stereocenters. The quantitative estimate of drug-likeness (QED) is 0.147. The van der Waals surface area contributed by atoms with Crippen molar-refractivity contribution in [1.29, 1.82) is 0 Å². The van der Waals surface area contributed by atoms with Crippen LogP contribution in [-0.2, 0) is 11.3 Å². The molecule has 3 aliphatic heterocycles. The fourth-order valence-corrected chi connectivity index (χ4v) is 10.3. The molecule has 2 aromatic heterocycles. The number of rotatable bonds is 7. The van der Waals surface area contributed by atoms with E-state index in [0.29, 0.717) is 16.9 Å². The second-order valence-corrected chi connectivity index (χ2v) is 19.4. The van der Waals surface area contributed by atoms with E-state index >= 15 is 0 Å². The monoisotopic (exact) mass is 835 g/mol. The summed E-state index contributed by atoms with van der Waals surface area (Å²) in [6.45, 7) is 21.5. The van der Waals surface area contributed by atoms with Gasteiger partial charge >= 0.3 is 11.7 Å². The smallest absolute Gasteiger partial charge is 0.392 e. The predicted octanol–water partition coefficient (Wildman–Crippen LogP) is 14.6. The third kappa shape index (κ3) is 5.59. The van der Waals surface area contributed by atoms with E-state index in [9.17, 15) is 5.48 Å². The number of hydrogen-bond acceptors (Lipinski definition) is 1. The Hall–Kier alpha value is -6.26. The number of benzene rings is 6. The predicted molar refractivity (Wildman–Crippen MR) is 259 cm³/mol. The highest BCUT2D eigenvalue weighted by Gasteiger charge is 2.69. The van der Waals surface area contributed by atoms with Crippen LogP contribution in [0.4, 0.5) is 0 Å². The average Bonchev–Trinajstić information content (AvgIpc) is 3.79. The van der Waals surface area contributed by atoms with Gasteiger partial charge in [-0.1, -0.05) is 149 Å². The number of para-hydroxylation sites is 1. The van der Waals surface area contributed by atoms with E-state index in [0.717, 1.165) is 89.4 Å². The van der Waals surface area contributed by atoms with Crippen LogP contribution in [0.2, 0.25) is 0 Å². The summed E-state index contributed by atoms with van der Waals surface area (Å²) < 4.78 is 95.6. The Morgan fingerprint density at radius 3 is 1.95 bits per heavy atom. The summed E-state index contributed by atoms with van der Waals surface area (Å²) in [5, 5.41) is 0. The molecule has 1 spiro atoms. The molecule has 0 amide bonds. The van der Waals surface area contributed by atoms with Gasteiger partial charge in [0.15, 0.2) is 23.0 Å². The average molecular weight is 835 g/mol. The van der Waals surface area contributed by atoms with Gasteiger partial charge in [0, 0.05) is 28.7 Å². The van der Waals surface area contributed by atoms with Crippen LogP contribution in [0.5, 0.6) is 5.75 Å². The molecule has 4 nitrogen and oxygen atoms in total. The van der Waals surface area contributed by atoms with Crippen molar-refractivity contribution in [2.45, 2.75) is 111 Å². The lowest BCUT2D eigenvalue weighted by Crippen LogP contribution is -2.78. The molecular formula is C59H59N3O+2. The Labute approximate surface area is 386 Å². The molecule has 0 N–H and O–H groups in total. The molecule has 1 unspecified atom stereocenters. The lowest BCUT2D eigenvalue weighted by Gasteiger charge is -2.34. The van der Waals surface area contributed by atoms with Gasteiger partial charge in [0.1, 0.15) is 16.8 Å². The van der Waals surface area contributed by atoms with E-state index in [4.69, 9.17) is 11.6 Å². The molecule has 0 fully saturated rings. The molecule has 3 aliphatic rings. The van der Waals surface area contributed by atoms with Gasteiger partial charge in [-0.3, -0.25) is 0 Å². The Balaban J connectivity index is 1.29. The Morgan fingerprint density at radius 1 is 0.635 bits per heavy atom. The summed E-state index contributed by atoms with van der Waals surface area (Å²) >= 11 is 0. The van der Waals surface area contributed by atoms with Crippen LogP contribution in [0.25, 0.3) is 72.7 Å². The van der Waals surface area contributed by atoms with Crippen LogP contribution in [0, 0.1) is 0 Å². The number of fused-ring (bicyclic) bond motifs is 5. The first kappa shape index (κ1) is 30.7. The first-order valence-electron chi connectivity index (χ1n) is 26.5. The molecular weight excluding hydrogens is 767 g/mol. The van der Waals surface area contributed by atoms with Crippen LogP contribution in [0.15, 0.2) is 133 Å². The molecule has 6 aromatic carbocycles. The van der Waals surface area contributed by atoms with Gasteiger partial charge in [-0.2, -0.15) is 4.57 Å². The van der Waals surface area contributed by atoms with Crippen molar-refractivity contribution in [1.82, 2.24) is 4.57 Å². The maximum atomic E-state index is 9.75. The maximum Gasteiger partial charge on any atom is 0.499 e. The van der Waals surface area contributed by atoms with Gasteiger partial charge < -0.3 is 4.74 Å². The zero-order valence-corrected chi connectivity index (χ0v) is 38.1.